The number of aromatic nitrogens is 3. The molecule has 0 aliphatic carbocycles. The minimum absolute atomic E-state index is 0.0422. The minimum Gasteiger partial charge on any atom is -0.375 e. The smallest absolute Gasteiger partial charge is 0.333 e. The van der Waals surface area contributed by atoms with Crippen molar-refractivity contribution in [1.29, 1.82) is 0 Å². The van der Waals surface area contributed by atoms with Crippen molar-refractivity contribution in [3.63, 3.8) is 0 Å². The van der Waals surface area contributed by atoms with Crippen molar-refractivity contribution in [3.8, 4) is 11.1 Å². The standard InChI is InChI=1S/C52H41BN4/c1-51(2,3)30-25-31(52(4,5)6)27-32(26-30)56-45-24-14-20-36-40-22-13-21-39-35-17-11-12-23-44(35)57(50(39)40)53(47(36)45)41-28-42-43(29-46(41)56)55-49-38-19-10-8-16-34(38)33-15-7-9-18-37(33)48(49)54-42/h7-29H,1-6H3. The molecule has 4 heterocycles. The molecule has 0 atom stereocenters. The third-order valence-electron chi connectivity index (χ3n) is 12.8. The summed E-state index contributed by atoms with van der Waals surface area (Å²) in [4.78, 5) is 13.7. The van der Waals surface area contributed by atoms with Gasteiger partial charge in [-0.3, -0.25) is 0 Å². The van der Waals surface area contributed by atoms with Crippen molar-refractivity contribution in [2.75, 3.05) is 4.90 Å². The Morgan fingerprint density at radius 3 is 1.67 bits per heavy atom. The van der Waals surface area contributed by atoms with Crippen LogP contribution in [0.3, 0.4) is 0 Å². The first kappa shape index (κ1) is 32.8. The van der Waals surface area contributed by atoms with Gasteiger partial charge in [-0.05, 0) is 85.6 Å². The number of hydrogen-bond donors (Lipinski definition) is 0. The summed E-state index contributed by atoms with van der Waals surface area (Å²) in [5, 5.41) is 7.24. The van der Waals surface area contributed by atoms with Gasteiger partial charge in [0.25, 0.3) is 0 Å². The SMILES string of the molecule is CC(C)(C)c1cc(N2c3cc4nc5c6ccccc6c6ccccc6c5nc4cc3B3c4c(cccc42)-c2cccc4c5ccccc5n3c24)cc(C(C)(C)C)c1. The van der Waals surface area contributed by atoms with Gasteiger partial charge in [-0.25, -0.2) is 9.97 Å². The largest absolute Gasteiger partial charge is 0.375 e. The molecule has 2 aromatic heterocycles. The number of hydrogen-bond acceptors (Lipinski definition) is 3. The van der Waals surface area contributed by atoms with E-state index < -0.39 is 0 Å². The van der Waals surface area contributed by atoms with E-state index in [1.54, 1.807) is 0 Å². The Hall–Kier alpha value is -6.46. The molecule has 0 spiro atoms. The summed E-state index contributed by atoms with van der Waals surface area (Å²) in [6, 6.07) is 52.0. The van der Waals surface area contributed by atoms with Crippen molar-refractivity contribution in [3.05, 3.63) is 151 Å². The normalized spacial score (nSPS) is 13.7. The number of anilines is 3. The average Bonchev–Trinajstić information content (AvgIpc) is 3.55. The molecule has 10 aromatic rings. The molecule has 0 bridgehead atoms. The van der Waals surface area contributed by atoms with Gasteiger partial charge in [0.15, 0.2) is 0 Å². The molecule has 4 nitrogen and oxygen atoms in total. The first-order valence-electron chi connectivity index (χ1n) is 20.2. The highest BCUT2D eigenvalue weighted by molar-refractivity contribution is 6.90. The summed E-state index contributed by atoms with van der Waals surface area (Å²) < 4.78 is 2.62. The number of nitrogens with zero attached hydrogens (tertiary/aromatic N) is 4. The summed E-state index contributed by atoms with van der Waals surface area (Å²) in [5.41, 5.74) is 17.5. The zero-order valence-electron chi connectivity index (χ0n) is 33.1. The highest BCUT2D eigenvalue weighted by Crippen LogP contribution is 2.47. The predicted molar refractivity (Wildman–Crippen MR) is 243 cm³/mol. The molecular formula is C52H41BN4. The number of para-hydroxylation sites is 2. The van der Waals surface area contributed by atoms with Gasteiger partial charge in [-0.2, -0.15) is 0 Å². The molecule has 0 unspecified atom stereocenters. The Bertz CT molecular complexity index is 3370. The van der Waals surface area contributed by atoms with Crippen LogP contribution in [0.25, 0.3) is 76.5 Å². The Morgan fingerprint density at radius 1 is 0.474 bits per heavy atom. The molecule has 5 heteroatoms. The topological polar surface area (TPSA) is 34.0 Å². The van der Waals surface area contributed by atoms with Crippen LogP contribution in [0.4, 0.5) is 17.1 Å². The molecule has 0 amide bonds. The quantitative estimate of drug-likeness (QED) is 0.0957. The van der Waals surface area contributed by atoms with Gasteiger partial charge < -0.3 is 9.38 Å². The van der Waals surface area contributed by atoms with Crippen LogP contribution >= 0.6 is 0 Å². The molecule has 0 saturated carbocycles. The van der Waals surface area contributed by atoms with Crippen LogP contribution in [-0.2, 0) is 10.8 Å². The Kier molecular flexibility index (Phi) is 6.38. The number of fused-ring (bicyclic) bond motifs is 14. The van der Waals surface area contributed by atoms with Crippen LogP contribution < -0.4 is 15.8 Å². The zero-order valence-corrected chi connectivity index (χ0v) is 33.1. The second-order valence-electron chi connectivity index (χ2n) is 18.2. The van der Waals surface area contributed by atoms with Crippen LogP contribution in [-0.4, -0.2) is 21.3 Å². The highest BCUT2D eigenvalue weighted by atomic mass is 15.2. The molecule has 12 rings (SSSR count). The Balaban J connectivity index is 1.25. The van der Waals surface area contributed by atoms with Crippen molar-refractivity contribution >= 4 is 100 Å². The van der Waals surface area contributed by atoms with E-state index in [2.05, 4.69) is 190 Å². The van der Waals surface area contributed by atoms with E-state index in [9.17, 15) is 0 Å². The molecule has 0 radical (unpaired) electrons. The van der Waals surface area contributed by atoms with Crippen LogP contribution in [0.1, 0.15) is 52.7 Å². The van der Waals surface area contributed by atoms with Gasteiger partial charge in [0.05, 0.1) is 22.1 Å². The van der Waals surface area contributed by atoms with Gasteiger partial charge in [-0.15, -0.1) is 0 Å². The first-order chi connectivity index (χ1) is 27.5. The lowest BCUT2D eigenvalue weighted by Gasteiger charge is -2.41. The predicted octanol–water partition coefficient (Wildman–Crippen LogP) is 12.2. The molecule has 0 fully saturated rings. The van der Waals surface area contributed by atoms with E-state index in [1.807, 2.05) is 0 Å². The van der Waals surface area contributed by atoms with Gasteiger partial charge >= 0.3 is 6.85 Å². The maximum atomic E-state index is 5.57. The number of benzene rings is 8. The lowest BCUT2D eigenvalue weighted by Crippen LogP contribution is -2.56. The maximum absolute atomic E-state index is 5.57. The molecular weight excluding hydrogens is 691 g/mol. The van der Waals surface area contributed by atoms with E-state index in [1.165, 1.54) is 77.1 Å². The van der Waals surface area contributed by atoms with Gasteiger partial charge in [0.1, 0.15) is 0 Å². The van der Waals surface area contributed by atoms with E-state index in [0.29, 0.717) is 0 Å². The monoisotopic (exact) mass is 732 g/mol. The van der Waals surface area contributed by atoms with Crippen LogP contribution in [0.2, 0.25) is 0 Å². The summed E-state index contributed by atoms with van der Waals surface area (Å²) in [7, 11) is 0. The summed E-state index contributed by atoms with van der Waals surface area (Å²) >= 11 is 0. The third kappa shape index (κ3) is 4.46. The fourth-order valence-electron chi connectivity index (χ4n) is 9.99. The van der Waals surface area contributed by atoms with E-state index in [0.717, 1.165) is 38.5 Å². The van der Waals surface area contributed by atoms with Crippen molar-refractivity contribution in [2.45, 2.75) is 52.4 Å². The fourth-order valence-corrected chi connectivity index (χ4v) is 9.99. The van der Waals surface area contributed by atoms with E-state index in [-0.39, 0.29) is 17.7 Å². The highest BCUT2D eigenvalue weighted by Gasteiger charge is 2.43. The molecule has 272 valence electrons. The maximum Gasteiger partial charge on any atom is 0.333 e. The zero-order chi connectivity index (χ0) is 38.5. The second kappa shape index (κ2) is 11.1. The number of rotatable bonds is 1. The average molecular weight is 733 g/mol. The fraction of sp³-hybridized carbons (Fsp3) is 0.154. The van der Waals surface area contributed by atoms with Crippen LogP contribution in [0.5, 0.6) is 0 Å². The molecule has 0 N–H and O–H groups in total. The second-order valence-corrected chi connectivity index (χ2v) is 18.2. The van der Waals surface area contributed by atoms with Gasteiger partial charge in [0, 0.05) is 55.2 Å². The van der Waals surface area contributed by atoms with Crippen molar-refractivity contribution in [2.24, 2.45) is 0 Å². The van der Waals surface area contributed by atoms with Crippen LogP contribution in [0, 0.1) is 0 Å². The first-order valence-corrected chi connectivity index (χ1v) is 20.2. The van der Waals surface area contributed by atoms with Gasteiger partial charge in [-0.1, -0.05) is 145 Å². The lowest BCUT2D eigenvalue weighted by atomic mass is 9.45. The summed E-state index contributed by atoms with van der Waals surface area (Å²) in [5.74, 6) is 0. The minimum atomic E-state index is -0.0668. The summed E-state index contributed by atoms with van der Waals surface area (Å²) in [6.45, 7) is 13.9. The van der Waals surface area contributed by atoms with E-state index in [4.69, 9.17) is 9.97 Å². The summed E-state index contributed by atoms with van der Waals surface area (Å²) in [6.07, 6.45) is 0. The van der Waals surface area contributed by atoms with Crippen molar-refractivity contribution in [1.82, 2.24) is 14.4 Å². The van der Waals surface area contributed by atoms with Crippen molar-refractivity contribution < 1.29 is 0 Å². The lowest BCUT2D eigenvalue weighted by molar-refractivity contribution is 0.569. The van der Waals surface area contributed by atoms with Gasteiger partial charge in [0.2, 0.25) is 0 Å². The molecule has 2 aliphatic heterocycles. The molecule has 0 saturated heterocycles. The molecule has 2 aliphatic rings. The van der Waals surface area contributed by atoms with Crippen LogP contribution in [0.15, 0.2) is 140 Å². The van der Waals surface area contributed by atoms with E-state index >= 15 is 0 Å². The Labute approximate surface area is 332 Å². The molecule has 8 aromatic carbocycles. The Morgan fingerprint density at radius 2 is 1.02 bits per heavy atom. The molecule has 57 heavy (non-hydrogen) atoms. The third-order valence-corrected chi connectivity index (χ3v) is 12.8.